The van der Waals surface area contributed by atoms with Crippen molar-refractivity contribution in [3.05, 3.63) is 47.9 Å². The Morgan fingerprint density at radius 2 is 2.06 bits per heavy atom. The summed E-state index contributed by atoms with van der Waals surface area (Å²) < 4.78 is 22.8. The molecule has 0 radical (unpaired) electrons. The molecule has 7 heteroatoms. The van der Waals surface area contributed by atoms with Gasteiger partial charge >= 0.3 is 5.97 Å². The Labute approximate surface area is 212 Å². The molecule has 0 bridgehead atoms. The van der Waals surface area contributed by atoms with E-state index in [4.69, 9.17) is 4.74 Å². The Balaban J connectivity index is 1.38. The molecule has 3 saturated carbocycles. The van der Waals surface area contributed by atoms with Gasteiger partial charge in [0.05, 0.1) is 23.9 Å². The second-order valence-electron chi connectivity index (χ2n) is 12.1. The highest BCUT2D eigenvalue weighted by Gasteiger charge is 2.74. The van der Waals surface area contributed by atoms with E-state index in [0.29, 0.717) is 31.3 Å². The Bertz CT molecular complexity index is 1100. The van der Waals surface area contributed by atoms with Crippen molar-refractivity contribution in [2.45, 2.75) is 76.7 Å². The zero-order chi connectivity index (χ0) is 26.1. The van der Waals surface area contributed by atoms with E-state index in [1.165, 1.54) is 12.2 Å². The number of carbonyl (C=O) groups excluding carboxylic acids is 2. The summed E-state index contributed by atoms with van der Waals surface area (Å²) in [4.78, 5) is 26.4. The van der Waals surface area contributed by atoms with Crippen LogP contribution in [0.4, 0.5) is 4.39 Å². The van der Waals surface area contributed by atoms with Crippen LogP contribution in [-0.4, -0.2) is 57.9 Å². The van der Waals surface area contributed by atoms with Gasteiger partial charge in [-0.05, 0) is 62.8 Å². The van der Waals surface area contributed by atoms with Crippen molar-refractivity contribution in [3.63, 3.8) is 0 Å². The first-order chi connectivity index (χ1) is 16.9. The SMILES string of the molecule is C[C@@H]1C[C@H]2[C@@H]3CCC4=CC(=O)C=C[C@]4(C)C3(F)[C@@H](O)C[C@]2(C)[C@@]1(O)CCOC(=O)C1=CN(C)C=CC1. The quantitative estimate of drug-likeness (QED) is 0.569. The van der Waals surface area contributed by atoms with Gasteiger partial charge in [0.1, 0.15) is 0 Å². The highest BCUT2D eigenvalue weighted by molar-refractivity contribution is 6.01. The molecule has 0 aromatic rings. The average Bonchev–Trinajstić information content (AvgIpc) is 3.01. The number of aliphatic hydroxyl groups is 2. The maximum absolute atomic E-state index is 17.2. The second-order valence-corrected chi connectivity index (χ2v) is 12.1. The van der Waals surface area contributed by atoms with Gasteiger partial charge in [-0.15, -0.1) is 0 Å². The molecule has 6 nitrogen and oxygen atoms in total. The van der Waals surface area contributed by atoms with Gasteiger partial charge in [0.2, 0.25) is 0 Å². The number of allylic oxidation sites excluding steroid dienone is 5. The zero-order valence-electron chi connectivity index (χ0n) is 21.7. The third-order valence-electron chi connectivity index (χ3n) is 10.5. The van der Waals surface area contributed by atoms with Crippen molar-refractivity contribution in [2.24, 2.45) is 28.6 Å². The van der Waals surface area contributed by atoms with E-state index in [1.807, 2.05) is 33.2 Å². The molecule has 1 heterocycles. The largest absolute Gasteiger partial charge is 0.462 e. The number of esters is 1. The molecular weight excluding hydrogens is 461 g/mol. The topological polar surface area (TPSA) is 87.1 Å². The van der Waals surface area contributed by atoms with Crippen LogP contribution in [-0.2, 0) is 14.3 Å². The summed E-state index contributed by atoms with van der Waals surface area (Å²) in [6.07, 6.45) is 11.5. The maximum atomic E-state index is 17.2. The molecule has 0 aromatic heterocycles. The zero-order valence-corrected chi connectivity index (χ0v) is 21.7. The number of ether oxygens (including phenoxy) is 1. The Hall–Kier alpha value is -2.25. The number of halogens is 1. The van der Waals surface area contributed by atoms with Gasteiger partial charge in [0.15, 0.2) is 11.5 Å². The highest BCUT2D eigenvalue weighted by atomic mass is 19.1. The minimum Gasteiger partial charge on any atom is -0.462 e. The number of aliphatic hydroxyl groups excluding tert-OH is 1. The minimum absolute atomic E-state index is 0.0593. The molecule has 0 spiro atoms. The first-order valence-electron chi connectivity index (χ1n) is 13.2. The molecule has 4 aliphatic carbocycles. The van der Waals surface area contributed by atoms with E-state index in [-0.39, 0.29) is 37.1 Å². The molecule has 2 N–H and O–H groups in total. The smallest absolute Gasteiger partial charge is 0.335 e. The molecule has 0 aromatic carbocycles. The highest BCUT2D eigenvalue weighted by Crippen LogP contribution is 2.71. The number of hydrogen-bond donors (Lipinski definition) is 2. The van der Waals surface area contributed by atoms with Crippen molar-refractivity contribution >= 4 is 11.8 Å². The van der Waals surface area contributed by atoms with Gasteiger partial charge in [-0.1, -0.05) is 31.6 Å². The average molecular weight is 500 g/mol. The maximum Gasteiger partial charge on any atom is 0.335 e. The number of rotatable bonds is 4. The molecule has 36 heavy (non-hydrogen) atoms. The summed E-state index contributed by atoms with van der Waals surface area (Å²) >= 11 is 0. The van der Waals surface area contributed by atoms with E-state index in [2.05, 4.69) is 0 Å². The van der Waals surface area contributed by atoms with Crippen LogP contribution in [0, 0.1) is 28.6 Å². The molecule has 3 fully saturated rings. The molecule has 5 aliphatic rings. The van der Waals surface area contributed by atoms with Crippen molar-refractivity contribution in [3.8, 4) is 0 Å². The normalized spacial score (nSPS) is 45.4. The number of carbonyl (C=O) groups is 2. The fourth-order valence-electron chi connectivity index (χ4n) is 8.38. The van der Waals surface area contributed by atoms with Gasteiger partial charge in [-0.3, -0.25) is 4.79 Å². The standard InChI is InChI=1S/C29H38FNO5/c1-18-14-23-22-8-7-20-15-21(32)9-10-26(20,2)29(22,30)24(33)16-27(23,3)28(18,35)11-13-36-25(34)19-6-5-12-31(4)17-19/h5,9-10,12,15,17-18,22-24,33,35H,6-8,11,13-14,16H2,1-4H3/t18-,22+,23+,24+,26+,27+,28-,29?/m1/s1. The lowest BCUT2D eigenvalue weighted by atomic mass is 9.44. The van der Waals surface area contributed by atoms with Gasteiger partial charge < -0.3 is 19.8 Å². The molecule has 1 unspecified atom stereocenters. The van der Waals surface area contributed by atoms with Crippen LogP contribution in [0.2, 0.25) is 0 Å². The summed E-state index contributed by atoms with van der Waals surface area (Å²) in [6, 6.07) is 0. The van der Waals surface area contributed by atoms with Crippen LogP contribution >= 0.6 is 0 Å². The van der Waals surface area contributed by atoms with E-state index < -0.39 is 40.1 Å². The van der Waals surface area contributed by atoms with Crippen LogP contribution in [0.25, 0.3) is 0 Å². The number of fused-ring (bicyclic) bond motifs is 5. The molecular formula is C29H38FNO5. The Morgan fingerprint density at radius 1 is 1.31 bits per heavy atom. The van der Waals surface area contributed by atoms with Crippen LogP contribution in [0.1, 0.15) is 59.3 Å². The fourth-order valence-corrected chi connectivity index (χ4v) is 8.38. The minimum atomic E-state index is -1.91. The van der Waals surface area contributed by atoms with Crippen molar-refractivity contribution < 1.29 is 28.9 Å². The first-order valence-corrected chi connectivity index (χ1v) is 13.2. The van der Waals surface area contributed by atoms with Crippen LogP contribution in [0.5, 0.6) is 0 Å². The second kappa shape index (κ2) is 8.38. The van der Waals surface area contributed by atoms with Crippen molar-refractivity contribution in [1.82, 2.24) is 4.90 Å². The van der Waals surface area contributed by atoms with Crippen LogP contribution < -0.4 is 0 Å². The molecule has 5 rings (SSSR count). The molecule has 0 amide bonds. The van der Waals surface area contributed by atoms with Gasteiger partial charge in [0.25, 0.3) is 0 Å². The molecule has 0 saturated heterocycles. The van der Waals surface area contributed by atoms with Crippen molar-refractivity contribution in [1.29, 1.82) is 0 Å². The fraction of sp³-hybridized carbons (Fsp3) is 0.655. The summed E-state index contributed by atoms with van der Waals surface area (Å²) in [5.41, 5.74) is -3.57. The summed E-state index contributed by atoms with van der Waals surface area (Å²) in [5, 5.41) is 23.5. The monoisotopic (exact) mass is 499 g/mol. The predicted molar refractivity (Wildman–Crippen MR) is 133 cm³/mol. The molecule has 1 aliphatic heterocycles. The van der Waals surface area contributed by atoms with Gasteiger partial charge in [-0.2, -0.15) is 0 Å². The molecule has 8 atom stereocenters. The summed E-state index contributed by atoms with van der Waals surface area (Å²) in [6.45, 7) is 5.82. The third-order valence-corrected chi connectivity index (χ3v) is 10.5. The van der Waals surface area contributed by atoms with Crippen LogP contribution in [0.15, 0.2) is 47.9 Å². The number of hydrogen-bond acceptors (Lipinski definition) is 6. The molecule has 196 valence electrons. The lowest BCUT2D eigenvalue weighted by molar-refractivity contribution is -0.222. The predicted octanol–water partition coefficient (Wildman–Crippen LogP) is 4.00. The van der Waals surface area contributed by atoms with E-state index in [9.17, 15) is 19.8 Å². The Kier molecular flexibility index (Phi) is 5.92. The summed E-state index contributed by atoms with van der Waals surface area (Å²) in [7, 11) is 1.84. The van der Waals surface area contributed by atoms with E-state index in [0.717, 1.165) is 5.57 Å². The third kappa shape index (κ3) is 3.34. The Morgan fingerprint density at radius 3 is 2.78 bits per heavy atom. The van der Waals surface area contributed by atoms with Crippen LogP contribution in [0.3, 0.4) is 0 Å². The first kappa shape index (κ1) is 25.4. The van der Waals surface area contributed by atoms with Gasteiger partial charge in [0, 0.05) is 42.8 Å². The van der Waals surface area contributed by atoms with Gasteiger partial charge in [-0.25, -0.2) is 9.18 Å². The van der Waals surface area contributed by atoms with E-state index >= 15 is 4.39 Å². The summed E-state index contributed by atoms with van der Waals surface area (Å²) in [5.74, 6) is -1.25. The number of alkyl halides is 1. The number of nitrogens with zero attached hydrogens (tertiary/aromatic N) is 1. The lowest BCUT2D eigenvalue weighted by Crippen LogP contribution is -2.68. The van der Waals surface area contributed by atoms with Crippen molar-refractivity contribution in [2.75, 3.05) is 13.7 Å². The van der Waals surface area contributed by atoms with E-state index in [1.54, 1.807) is 24.1 Å². The lowest BCUT2D eigenvalue weighted by Gasteiger charge is -2.63. The number of ketones is 1.